The van der Waals surface area contributed by atoms with Gasteiger partial charge in [-0.05, 0) is 12.8 Å². The topological polar surface area (TPSA) is 57.6 Å². The molecule has 0 bridgehead atoms. The highest BCUT2D eigenvalue weighted by Crippen LogP contribution is 2.25. The summed E-state index contributed by atoms with van der Waals surface area (Å²) in [5.41, 5.74) is 0. The van der Waals surface area contributed by atoms with Gasteiger partial charge in [0.15, 0.2) is 0 Å². The van der Waals surface area contributed by atoms with Gasteiger partial charge in [0, 0.05) is 18.8 Å². The first kappa shape index (κ1) is 11.4. The van der Waals surface area contributed by atoms with Crippen LogP contribution in [0.3, 0.4) is 0 Å². The molecule has 1 N–H and O–H groups in total. The van der Waals surface area contributed by atoms with Crippen molar-refractivity contribution in [2.24, 2.45) is 0 Å². The van der Waals surface area contributed by atoms with Gasteiger partial charge >= 0.3 is 5.97 Å². The summed E-state index contributed by atoms with van der Waals surface area (Å²) in [6.45, 7) is 0. The molecule has 1 rings (SSSR count). The van der Waals surface area contributed by atoms with E-state index < -0.39 is 5.97 Å². The van der Waals surface area contributed by atoms with Crippen LogP contribution in [0.15, 0.2) is 0 Å². The summed E-state index contributed by atoms with van der Waals surface area (Å²) in [4.78, 5) is 23.4. The number of thioether (sulfide) groups is 1. The summed E-state index contributed by atoms with van der Waals surface area (Å²) in [6.07, 6.45) is 2.36. The van der Waals surface area contributed by atoms with Gasteiger partial charge in [0.05, 0.1) is 12.2 Å². The minimum atomic E-state index is -0.805. The van der Waals surface area contributed by atoms with Crippen LogP contribution in [0.2, 0.25) is 0 Å². The Bertz CT molecular complexity index is 228. The fourth-order valence-corrected chi connectivity index (χ4v) is 1.93. The highest BCUT2D eigenvalue weighted by atomic mass is 32.2. The van der Waals surface area contributed by atoms with Crippen molar-refractivity contribution in [3.63, 3.8) is 0 Å². The Morgan fingerprint density at radius 1 is 1.50 bits per heavy atom. The first-order chi connectivity index (χ1) is 6.61. The largest absolute Gasteiger partial charge is 0.481 e. The van der Waals surface area contributed by atoms with E-state index in [1.54, 1.807) is 4.90 Å². The van der Waals surface area contributed by atoms with Crippen LogP contribution in [0, 0.1) is 0 Å². The van der Waals surface area contributed by atoms with Crippen molar-refractivity contribution in [1.82, 2.24) is 4.90 Å². The molecule has 5 heteroatoms. The Labute approximate surface area is 87.7 Å². The molecule has 0 radical (unpaired) electrons. The highest BCUT2D eigenvalue weighted by Gasteiger charge is 2.29. The molecule has 0 saturated heterocycles. The van der Waals surface area contributed by atoms with E-state index in [0.717, 1.165) is 12.8 Å². The molecule has 0 heterocycles. The summed E-state index contributed by atoms with van der Waals surface area (Å²) in [7, 11) is 1.82. The van der Waals surface area contributed by atoms with Crippen molar-refractivity contribution >= 4 is 23.6 Å². The summed E-state index contributed by atoms with van der Waals surface area (Å²) in [5, 5.41) is 8.38. The smallest absolute Gasteiger partial charge is 0.304 e. The molecule has 0 aromatic heterocycles. The number of amides is 1. The van der Waals surface area contributed by atoms with E-state index in [9.17, 15) is 9.59 Å². The average molecular weight is 217 g/mol. The number of nitrogens with zero attached hydrogens (tertiary/aromatic N) is 1. The first-order valence-electron chi connectivity index (χ1n) is 4.66. The third-order valence-corrected chi connectivity index (χ3v) is 3.12. The van der Waals surface area contributed by atoms with E-state index in [2.05, 4.69) is 0 Å². The van der Waals surface area contributed by atoms with Crippen molar-refractivity contribution in [2.75, 3.05) is 18.6 Å². The molecule has 1 saturated carbocycles. The van der Waals surface area contributed by atoms with Gasteiger partial charge in [-0.15, -0.1) is 0 Å². The van der Waals surface area contributed by atoms with E-state index >= 15 is 0 Å². The standard InChI is InChI=1S/C9H15NO3S/c1-10(7-2-3-7)8(11)6-14-5-4-9(12)13/h7H,2-6H2,1H3,(H,12,13). The van der Waals surface area contributed by atoms with Crippen LogP contribution in [-0.4, -0.2) is 46.5 Å². The van der Waals surface area contributed by atoms with Crippen LogP contribution < -0.4 is 0 Å². The van der Waals surface area contributed by atoms with Crippen LogP contribution in [0.5, 0.6) is 0 Å². The number of hydrogen-bond donors (Lipinski definition) is 1. The van der Waals surface area contributed by atoms with Gasteiger partial charge in [-0.2, -0.15) is 11.8 Å². The van der Waals surface area contributed by atoms with Gasteiger partial charge in [-0.1, -0.05) is 0 Å². The van der Waals surface area contributed by atoms with Crippen molar-refractivity contribution in [2.45, 2.75) is 25.3 Å². The Hall–Kier alpha value is -0.710. The normalized spacial score (nSPS) is 15.2. The molecule has 0 aliphatic heterocycles. The van der Waals surface area contributed by atoms with E-state index in [1.165, 1.54) is 11.8 Å². The summed E-state index contributed by atoms with van der Waals surface area (Å²) < 4.78 is 0. The van der Waals surface area contributed by atoms with Crippen LogP contribution in [0.4, 0.5) is 0 Å². The van der Waals surface area contributed by atoms with Crippen LogP contribution in [0.1, 0.15) is 19.3 Å². The molecule has 4 nitrogen and oxygen atoms in total. The van der Waals surface area contributed by atoms with E-state index in [0.29, 0.717) is 17.5 Å². The maximum atomic E-state index is 11.4. The monoisotopic (exact) mass is 217 g/mol. The number of hydrogen-bond acceptors (Lipinski definition) is 3. The maximum Gasteiger partial charge on any atom is 0.304 e. The molecule has 0 aromatic carbocycles. The minimum absolute atomic E-state index is 0.114. The minimum Gasteiger partial charge on any atom is -0.481 e. The second kappa shape index (κ2) is 5.24. The number of carbonyl (C=O) groups excluding carboxylic acids is 1. The second-order valence-electron chi connectivity index (χ2n) is 3.43. The second-order valence-corrected chi connectivity index (χ2v) is 4.54. The Morgan fingerprint density at radius 3 is 2.64 bits per heavy atom. The molecule has 80 valence electrons. The van der Waals surface area contributed by atoms with Gasteiger partial charge < -0.3 is 10.0 Å². The molecular weight excluding hydrogens is 202 g/mol. The summed E-state index contributed by atoms with van der Waals surface area (Å²) in [6, 6.07) is 0.447. The predicted octanol–water partition coefficient (Wildman–Crippen LogP) is 0.815. The van der Waals surface area contributed by atoms with Crippen LogP contribution in [0.25, 0.3) is 0 Å². The number of carboxylic acids is 1. The quantitative estimate of drug-likeness (QED) is 0.669. The molecule has 0 spiro atoms. The Kier molecular flexibility index (Phi) is 4.25. The number of carbonyl (C=O) groups is 2. The summed E-state index contributed by atoms with van der Waals surface area (Å²) in [5.74, 6) is 0.225. The Balaban J connectivity index is 2.05. The molecule has 0 unspecified atom stereocenters. The molecule has 1 aliphatic carbocycles. The maximum absolute atomic E-state index is 11.4. The van der Waals surface area contributed by atoms with Gasteiger partial charge in [-0.3, -0.25) is 9.59 Å². The fourth-order valence-electron chi connectivity index (χ4n) is 1.09. The molecule has 1 fully saturated rings. The number of carboxylic acid groups (broad SMARTS) is 1. The highest BCUT2D eigenvalue weighted by molar-refractivity contribution is 7.99. The van der Waals surface area contributed by atoms with Gasteiger partial charge in [0.1, 0.15) is 0 Å². The van der Waals surface area contributed by atoms with E-state index in [1.807, 2.05) is 7.05 Å². The zero-order chi connectivity index (χ0) is 10.6. The molecule has 0 aromatic rings. The van der Waals surface area contributed by atoms with Crippen molar-refractivity contribution in [3.8, 4) is 0 Å². The summed E-state index contributed by atoms with van der Waals surface area (Å²) >= 11 is 1.39. The molecular formula is C9H15NO3S. The zero-order valence-electron chi connectivity index (χ0n) is 8.23. The van der Waals surface area contributed by atoms with Crippen molar-refractivity contribution in [3.05, 3.63) is 0 Å². The van der Waals surface area contributed by atoms with E-state index in [-0.39, 0.29) is 12.3 Å². The zero-order valence-corrected chi connectivity index (χ0v) is 9.05. The molecule has 14 heavy (non-hydrogen) atoms. The van der Waals surface area contributed by atoms with E-state index in [4.69, 9.17) is 5.11 Å². The SMILES string of the molecule is CN(C(=O)CSCCC(=O)O)C1CC1. The van der Waals surface area contributed by atoms with Gasteiger partial charge in [0.2, 0.25) is 5.91 Å². The average Bonchev–Trinajstić information content (AvgIpc) is 2.93. The van der Waals surface area contributed by atoms with Gasteiger partial charge in [-0.25, -0.2) is 0 Å². The lowest BCUT2D eigenvalue weighted by Gasteiger charge is -2.15. The third-order valence-electron chi connectivity index (χ3n) is 2.17. The third kappa shape index (κ3) is 4.00. The van der Waals surface area contributed by atoms with Crippen molar-refractivity contribution in [1.29, 1.82) is 0 Å². The van der Waals surface area contributed by atoms with Gasteiger partial charge in [0.25, 0.3) is 0 Å². The number of aliphatic carboxylic acids is 1. The lowest BCUT2D eigenvalue weighted by atomic mass is 10.5. The van der Waals surface area contributed by atoms with Crippen LogP contribution in [-0.2, 0) is 9.59 Å². The van der Waals surface area contributed by atoms with Crippen LogP contribution >= 0.6 is 11.8 Å². The molecule has 1 aliphatic rings. The van der Waals surface area contributed by atoms with Crippen molar-refractivity contribution < 1.29 is 14.7 Å². The molecule has 0 atom stereocenters. The first-order valence-corrected chi connectivity index (χ1v) is 5.82. The lowest BCUT2D eigenvalue weighted by molar-refractivity contribution is -0.136. The molecule has 1 amide bonds. The Morgan fingerprint density at radius 2 is 2.14 bits per heavy atom. The number of rotatable bonds is 6. The predicted molar refractivity (Wildman–Crippen MR) is 55.4 cm³/mol. The lowest BCUT2D eigenvalue weighted by Crippen LogP contribution is -2.30. The fraction of sp³-hybridized carbons (Fsp3) is 0.778.